The molecule has 8 heteroatoms. The number of rotatable bonds is 3. The summed E-state index contributed by atoms with van der Waals surface area (Å²) < 4.78 is 5.42. The van der Waals surface area contributed by atoms with Gasteiger partial charge in [0, 0.05) is 11.6 Å². The van der Waals surface area contributed by atoms with E-state index in [-0.39, 0.29) is 22.4 Å². The maximum atomic E-state index is 10.7. The second-order valence-electron chi connectivity index (χ2n) is 3.69. The van der Waals surface area contributed by atoms with Crippen LogP contribution < -0.4 is 10.5 Å². The highest BCUT2D eigenvalue weighted by Gasteiger charge is 2.13. The highest BCUT2D eigenvalue weighted by atomic mass is 35.5. The molecule has 0 saturated carbocycles. The molecule has 1 heterocycles. The molecule has 19 heavy (non-hydrogen) atoms. The second kappa shape index (κ2) is 5.07. The number of halogens is 1. The molecule has 1 aromatic carbocycles. The number of ether oxygens (including phenoxy) is 1. The average molecular weight is 281 g/mol. The Hall–Kier alpha value is -2.41. The largest absolute Gasteiger partial charge is 0.437 e. The fourth-order valence-corrected chi connectivity index (χ4v) is 1.58. The summed E-state index contributed by atoms with van der Waals surface area (Å²) in [7, 11) is 0. The molecule has 0 bridgehead atoms. The molecule has 0 fully saturated rings. The molecule has 2 aromatic rings. The predicted octanol–water partition coefficient (Wildman–Crippen LogP) is 2.72. The minimum atomic E-state index is -0.464. The zero-order valence-electron chi connectivity index (χ0n) is 9.83. The number of nitro groups is 1. The Balaban J connectivity index is 2.32. The lowest BCUT2D eigenvalue weighted by Crippen LogP contribution is -1.97. The van der Waals surface area contributed by atoms with E-state index in [1.165, 1.54) is 24.5 Å². The molecule has 0 saturated heterocycles. The van der Waals surface area contributed by atoms with Crippen LogP contribution in [-0.4, -0.2) is 14.9 Å². The molecule has 0 radical (unpaired) electrons. The van der Waals surface area contributed by atoms with Crippen molar-refractivity contribution >= 4 is 23.1 Å². The Kier molecular flexibility index (Phi) is 3.48. The van der Waals surface area contributed by atoms with Gasteiger partial charge in [0.2, 0.25) is 5.88 Å². The Bertz CT molecular complexity index is 648. The Morgan fingerprint density at radius 2 is 2.16 bits per heavy atom. The number of anilines is 1. The number of aromatic nitrogens is 2. The molecule has 7 nitrogen and oxygen atoms in total. The molecule has 2 rings (SSSR count). The van der Waals surface area contributed by atoms with Gasteiger partial charge in [0.25, 0.3) is 5.69 Å². The van der Waals surface area contributed by atoms with Gasteiger partial charge in [0.1, 0.15) is 22.9 Å². The quantitative estimate of drug-likeness (QED) is 0.684. The van der Waals surface area contributed by atoms with Crippen LogP contribution in [0.5, 0.6) is 11.6 Å². The van der Waals surface area contributed by atoms with E-state index in [1.54, 1.807) is 6.92 Å². The molecule has 1 aromatic heterocycles. The molecular weight excluding hydrogens is 272 g/mol. The second-order valence-corrected chi connectivity index (χ2v) is 4.06. The summed E-state index contributed by atoms with van der Waals surface area (Å²) >= 11 is 5.88. The van der Waals surface area contributed by atoms with E-state index in [0.29, 0.717) is 11.3 Å². The van der Waals surface area contributed by atoms with Crippen molar-refractivity contribution in [3.8, 4) is 11.6 Å². The summed E-state index contributed by atoms with van der Waals surface area (Å²) in [5, 5.41) is 10.8. The minimum absolute atomic E-state index is 0.0145. The number of nitro benzene ring substituents is 1. The van der Waals surface area contributed by atoms with Crippen molar-refractivity contribution in [2.24, 2.45) is 0 Å². The van der Waals surface area contributed by atoms with E-state index in [1.807, 2.05) is 0 Å². The van der Waals surface area contributed by atoms with Crippen LogP contribution in [0.1, 0.15) is 5.56 Å². The summed E-state index contributed by atoms with van der Waals surface area (Å²) in [6.45, 7) is 1.61. The summed E-state index contributed by atoms with van der Waals surface area (Å²) in [5.41, 5.74) is 6.00. The van der Waals surface area contributed by atoms with Crippen LogP contribution in [0.15, 0.2) is 24.5 Å². The Morgan fingerprint density at radius 1 is 1.42 bits per heavy atom. The third-order valence-electron chi connectivity index (χ3n) is 2.36. The number of nitrogens with two attached hydrogens (primary N) is 1. The zero-order chi connectivity index (χ0) is 14.0. The zero-order valence-corrected chi connectivity index (χ0v) is 10.6. The lowest BCUT2D eigenvalue weighted by molar-refractivity contribution is -0.385. The molecule has 0 amide bonds. The van der Waals surface area contributed by atoms with Crippen molar-refractivity contribution in [3.05, 3.63) is 45.2 Å². The first kappa shape index (κ1) is 13.0. The Morgan fingerprint density at radius 3 is 2.79 bits per heavy atom. The van der Waals surface area contributed by atoms with Gasteiger partial charge in [-0.15, -0.1) is 0 Å². The molecule has 0 spiro atoms. The minimum Gasteiger partial charge on any atom is -0.437 e. The third-order valence-corrected chi connectivity index (χ3v) is 2.72. The van der Waals surface area contributed by atoms with E-state index in [0.717, 1.165) is 0 Å². The van der Waals surface area contributed by atoms with Crippen molar-refractivity contribution in [2.45, 2.75) is 6.92 Å². The van der Waals surface area contributed by atoms with Gasteiger partial charge in [0.05, 0.1) is 4.92 Å². The molecule has 0 atom stereocenters. The molecule has 0 aliphatic carbocycles. The van der Waals surface area contributed by atoms with Crippen LogP contribution in [0, 0.1) is 17.0 Å². The average Bonchev–Trinajstić information content (AvgIpc) is 2.34. The van der Waals surface area contributed by atoms with E-state index in [4.69, 9.17) is 22.1 Å². The first-order chi connectivity index (χ1) is 8.99. The van der Waals surface area contributed by atoms with Crippen LogP contribution in [0.25, 0.3) is 0 Å². The number of nitrogen functional groups attached to an aromatic ring is 1. The van der Waals surface area contributed by atoms with Crippen LogP contribution in [0.3, 0.4) is 0 Å². The topological polar surface area (TPSA) is 104 Å². The lowest BCUT2D eigenvalue weighted by Gasteiger charge is -2.07. The van der Waals surface area contributed by atoms with Crippen LogP contribution in [-0.2, 0) is 0 Å². The highest BCUT2D eigenvalue weighted by Crippen LogP contribution is 2.31. The van der Waals surface area contributed by atoms with Gasteiger partial charge in [-0.05, 0) is 19.1 Å². The number of aryl methyl sites for hydroxylation is 1. The highest BCUT2D eigenvalue weighted by molar-refractivity contribution is 6.34. The number of hydrogen-bond acceptors (Lipinski definition) is 6. The van der Waals surface area contributed by atoms with Gasteiger partial charge in [-0.3, -0.25) is 10.1 Å². The van der Waals surface area contributed by atoms with Gasteiger partial charge in [0.15, 0.2) is 0 Å². The molecule has 0 unspecified atom stereocenters. The first-order valence-corrected chi connectivity index (χ1v) is 5.55. The third kappa shape index (κ3) is 2.71. The van der Waals surface area contributed by atoms with Crippen molar-refractivity contribution in [1.29, 1.82) is 0 Å². The van der Waals surface area contributed by atoms with Crippen LogP contribution >= 0.6 is 11.6 Å². The molecule has 98 valence electrons. The van der Waals surface area contributed by atoms with Crippen molar-refractivity contribution in [1.82, 2.24) is 9.97 Å². The standard InChI is InChI=1S/C11H9ClN4O3/c1-6-4-7(2-3-8(6)16(17)18)19-11-9(12)10(13)14-5-15-11/h2-5H,1H3,(H2,13,14,15). The smallest absolute Gasteiger partial charge is 0.272 e. The normalized spacial score (nSPS) is 10.2. The van der Waals surface area contributed by atoms with Crippen LogP contribution in [0.2, 0.25) is 5.02 Å². The van der Waals surface area contributed by atoms with Gasteiger partial charge in [-0.1, -0.05) is 11.6 Å². The monoisotopic (exact) mass is 280 g/mol. The maximum Gasteiger partial charge on any atom is 0.272 e. The molecule has 2 N–H and O–H groups in total. The Labute approximate surface area is 113 Å². The summed E-state index contributed by atoms with van der Waals surface area (Å²) in [5.74, 6) is 0.579. The fourth-order valence-electron chi connectivity index (χ4n) is 1.45. The molecular formula is C11H9ClN4O3. The van der Waals surface area contributed by atoms with E-state index in [2.05, 4.69) is 9.97 Å². The van der Waals surface area contributed by atoms with E-state index >= 15 is 0 Å². The maximum absolute atomic E-state index is 10.7. The number of hydrogen-bond donors (Lipinski definition) is 1. The fraction of sp³-hybridized carbons (Fsp3) is 0.0909. The number of benzene rings is 1. The van der Waals surface area contributed by atoms with Gasteiger partial charge in [-0.25, -0.2) is 4.98 Å². The molecule has 0 aliphatic heterocycles. The van der Waals surface area contributed by atoms with E-state index in [9.17, 15) is 10.1 Å². The predicted molar refractivity (Wildman–Crippen MR) is 69.4 cm³/mol. The summed E-state index contributed by atoms with van der Waals surface area (Å²) in [6.07, 6.45) is 1.22. The lowest BCUT2D eigenvalue weighted by atomic mass is 10.2. The first-order valence-electron chi connectivity index (χ1n) is 5.18. The van der Waals surface area contributed by atoms with Crippen LogP contribution in [0.4, 0.5) is 11.5 Å². The number of nitrogens with zero attached hydrogens (tertiary/aromatic N) is 3. The van der Waals surface area contributed by atoms with Gasteiger partial charge >= 0.3 is 0 Å². The van der Waals surface area contributed by atoms with Gasteiger partial charge in [-0.2, -0.15) is 4.98 Å². The summed E-state index contributed by atoms with van der Waals surface area (Å²) in [4.78, 5) is 17.8. The van der Waals surface area contributed by atoms with Gasteiger partial charge < -0.3 is 10.5 Å². The van der Waals surface area contributed by atoms with Crippen molar-refractivity contribution in [2.75, 3.05) is 5.73 Å². The van der Waals surface area contributed by atoms with Crippen molar-refractivity contribution in [3.63, 3.8) is 0 Å². The molecule has 0 aliphatic rings. The van der Waals surface area contributed by atoms with Crippen molar-refractivity contribution < 1.29 is 9.66 Å². The SMILES string of the molecule is Cc1cc(Oc2ncnc(N)c2Cl)ccc1[N+](=O)[O-]. The summed E-state index contributed by atoms with van der Waals surface area (Å²) in [6, 6.07) is 4.33. The van der Waals surface area contributed by atoms with E-state index < -0.39 is 4.92 Å².